The van der Waals surface area contributed by atoms with Crippen LogP contribution in [0.1, 0.15) is 31.9 Å². The Morgan fingerprint density at radius 2 is 1.55 bits per heavy atom. The van der Waals surface area contributed by atoms with Crippen LogP contribution in [-0.4, -0.2) is 55.8 Å². The van der Waals surface area contributed by atoms with Crippen LogP contribution in [-0.2, 0) is 14.8 Å². The Labute approximate surface area is 184 Å². The first kappa shape index (κ1) is 24.9. The van der Waals surface area contributed by atoms with Gasteiger partial charge in [0.05, 0.1) is 4.90 Å². The molecule has 1 aliphatic rings. The molecule has 1 unspecified atom stereocenters. The highest BCUT2D eigenvalue weighted by atomic mass is 32.2. The molecule has 2 aromatic carbocycles. The van der Waals surface area contributed by atoms with Gasteiger partial charge in [-0.3, -0.25) is 4.79 Å². The van der Waals surface area contributed by atoms with Gasteiger partial charge in [0, 0.05) is 19.1 Å². The molecule has 0 aliphatic carbocycles. The lowest BCUT2D eigenvalue weighted by molar-refractivity contribution is -0.113. The molecule has 0 radical (unpaired) electrons. The van der Waals surface area contributed by atoms with Gasteiger partial charge in [-0.1, -0.05) is 42.5 Å². The van der Waals surface area contributed by atoms with Crippen LogP contribution < -0.4 is 5.90 Å². The molecule has 2 aromatic rings. The molecule has 3 rings (SSSR count). The van der Waals surface area contributed by atoms with E-state index < -0.39 is 10.0 Å². The zero-order chi connectivity index (χ0) is 23.2. The van der Waals surface area contributed by atoms with E-state index in [9.17, 15) is 13.2 Å². The van der Waals surface area contributed by atoms with E-state index in [4.69, 9.17) is 5.21 Å². The molecule has 8 heteroatoms. The van der Waals surface area contributed by atoms with E-state index >= 15 is 0 Å². The Kier molecular flexibility index (Phi) is 8.67. The number of rotatable bonds is 6. The molecule has 1 aliphatic heterocycles. The molecule has 3 N–H and O–H groups in total. The average Bonchev–Trinajstić information content (AvgIpc) is 2.80. The first-order valence-corrected chi connectivity index (χ1v) is 11.5. The Hall–Kier alpha value is -2.36. The van der Waals surface area contributed by atoms with Gasteiger partial charge in [-0.2, -0.15) is 4.31 Å². The van der Waals surface area contributed by atoms with Crippen LogP contribution in [0.25, 0.3) is 11.1 Å². The summed E-state index contributed by atoms with van der Waals surface area (Å²) >= 11 is 0. The molecule has 7 nitrogen and oxygen atoms in total. The smallest absolute Gasteiger partial charge is 0.243 e. The third-order valence-electron chi connectivity index (χ3n) is 5.62. The summed E-state index contributed by atoms with van der Waals surface area (Å²) in [5, 5.41) is 6.50. The predicted octanol–water partition coefficient (Wildman–Crippen LogP) is 3.22. The first-order valence-electron chi connectivity index (χ1n) is 10.0. The maximum absolute atomic E-state index is 12.9. The number of ketones is 1. The molecule has 168 valence electrons. The third-order valence-corrected chi connectivity index (χ3v) is 7.50. The second-order valence-electron chi connectivity index (χ2n) is 7.68. The van der Waals surface area contributed by atoms with E-state index in [1.165, 1.54) is 16.8 Å². The molecule has 0 spiro atoms. The molecule has 0 saturated carbocycles. The van der Waals surface area contributed by atoms with E-state index in [1.54, 1.807) is 18.2 Å². The highest BCUT2D eigenvalue weighted by Crippen LogP contribution is 2.26. The monoisotopic (exact) mass is 445 g/mol. The summed E-state index contributed by atoms with van der Waals surface area (Å²) in [5.41, 5.74) is 3.97. The predicted molar refractivity (Wildman–Crippen MR) is 122 cm³/mol. The van der Waals surface area contributed by atoms with E-state index in [1.807, 2.05) is 12.1 Å². The summed E-state index contributed by atoms with van der Waals surface area (Å²) in [7, 11) is 0.539. The van der Waals surface area contributed by atoms with Crippen molar-refractivity contribution in [2.75, 3.05) is 27.2 Å². The second kappa shape index (κ2) is 10.8. The van der Waals surface area contributed by atoms with Gasteiger partial charge >= 0.3 is 0 Å². The van der Waals surface area contributed by atoms with Crippen molar-refractivity contribution in [3.05, 3.63) is 65.7 Å². The number of Topliss-reactive ketones (excluding diaryl/α,β-unsaturated/α-hetero) is 1. The highest BCUT2D eigenvalue weighted by Gasteiger charge is 2.26. The molecule has 0 bridgehead atoms. The molecule has 0 fully saturated rings. The molecule has 1 heterocycles. The molecule has 0 saturated heterocycles. The van der Waals surface area contributed by atoms with Crippen molar-refractivity contribution in [2.45, 2.75) is 31.2 Å². The number of nitrogens with two attached hydrogens (primary N) is 1. The molecular formula is C23H31N3O4S. The standard InChI is InChI=1S/C23H28N2O3S.H3NO/c1-17(24(3)4)19-5-7-21(8-6-19)22-9-11-23(12-10-22)29(27,28)25-15-13-20(14-16-25)18(2)26;1-2/h5-13,17H,14-16H2,1-4H3;2H,1H2. The number of sulfonamides is 1. The van der Waals surface area contributed by atoms with Crippen LogP contribution in [0.15, 0.2) is 65.1 Å². The van der Waals surface area contributed by atoms with Crippen molar-refractivity contribution in [3.8, 4) is 11.1 Å². The summed E-state index contributed by atoms with van der Waals surface area (Å²) in [6.45, 7) is 4.25. The topological polar surface area (TPSA) is 104 Å². The van der Waals surface area contributed by atoms with Gasteiger partial charge in [0.25, 0.3) is 0 Å². The van der Waals surface area contributed by atoms with Crippen molar-refractivity contribution < 1.29 is 18.4 Å². The number of carbonyl (C=O) groups excluding carboxylic acids is 1. The fourth-order valence-corrected chi connectivity index (χ4v) is 4.79. The third kappa shape index (κ3) is 5.87. The summed E-state index contributed by atoms with van der Waals surface area (Å²) < 4.78 is 27.2. The van der Waals surface area contributed by atoms with Gasteiger partial charge in [0.15, 0.2) is 5.78 Å². The van der Waals surface area contributed by atoms with Crippen LogP contribution in [0.2, 0.25) is 0 Å². The molecule has 0 amide bonds. The molecular weight excluding hydrogens is 414 g/mol. The fourth-order valence-electron chi connectivity index (χ4n) is 3.41. The van der Waals surface area contributed by atoms with Crippen LogP contribution in [0, 0.1) is 0 Å². The van der Waals surface area contributed by atoms with Crippen molar-refractivity contribution in [2.24, 2.45) is 5.90 Å². The lowest BCUT2D eigenvalue weighted by atomic mass is 10.0. The first-order chi connectivity index (χ1) is 14.7. The quantitative estimate of drug-likeness (QED) is 0.662. The summed E-state index contributed by atoms with van der Waals surface area (Å²) in [4.78, 5) is 13.9. The SMILES string of the molecule is CC(=O)C1=CCN(S(=O)(=O)c2ccc(-c3ccc(C(C)N(C)C)cc3)cc2)CC1.NO. The van der Waals surface area contributed by atoms with E-state index in [0.29, 0.717) is 24.6 Å². The molecule has 1 atom stereocenters. The van der Waals surface area contributed by atoms with Crippen molar-refractivity contribution in [3.63, 3.8) is 0 Å². The number of nitrogens with zero attached hydrogens (tertiary/aromatic N) is 2. The van der Waals surface area contributed by atoms with Gasteiger partial charge in [0.1, 0.15) is 0 Å². The normalized spacial score (nSPS) is 15.6. The summed E-state index contributed by atoms with van der Waals surface area (Å²) in [6, 6.07) is 15.7. The minimum absolute atomic E-state index is 0.0115. The van der Waals surface area contributed by atoms with Crippen LogP contribution in [0.3, 0.4) is 0 Å². The van der Waals surface area contributed by atoms with E-state index in [-0.39, 0.29) is 17.2 Å². The maximum atomic E-state index is 12.9. The largest absolute Gasteiger partial charge is 0.320 e. The zero-order valence-corrected chi connectivity index (χ0v) is 19.3. The van der Waals surface area contributed by atoms with Gasteiger partial charge in [0.2, 0.25) is 10.0 Å². The summed E-state index contributed by atoms with van der Waals surface area (Å²) in [5.74, 6) is 3.51. The van der Waals surface area contributed by atoms with Crippen LogP contribution in [0.4, 0.5) is 0 Å². The number of hydrogen-bond donors (Lipinski definition) is 2. The number of carbonyl (C=O) groups is 1. The van der Waals surface area contributed by atoms with Gasteiger partial charge in [-0.15, -0.1) is 0 Å². The Morgan fingerprint density at radius 3 is 1.97 bits per heavy atom. The summed E-state index contributed by atoms with van der Waals surface area (Å²) in [6.07, 6.45) is 2.18. The molecule has 0 aromatic heterocycles. The highest BCUT2D eigenvalue weighted by molar-refractivity contribution is 7.89. The van der Waals surface area contributed by atoms with Crippen LogP contribution in [0.5, 0.6) is 0 Å². The number of benzene rings is 2. The average molecular weight is 446 g/mol. The molecule has 31 heavy (non-hydrogen) atoms. The van der Waals surface area contributed by atoms with E-state index in [2.05, 4.69) is 56.1 Å². The maximum Gasteiger partial charge on any atom is 0.243 e. The lowest BCUT2D eigenvalue weighted by Gasteiger charge is -2.25. The Balaban J connectivity index is 0.00000166. The lowest BCUT2D eigenvalue weighted by Crippen LogP contribution is -2.35. The Bertz CT molecular complexity index is 1010. The van der Waals surface area contributed by atoms with Crippen molar-refractivity contribution in [1.82, 2.24) is 9.21 Å². The van der Waals surface area contributed by atoms with Crippen molar-refractivity contribution in [1.29, 1.82) is 0 Å². The minimum Gasteiger partial charge on any atom is -0.320 e. The van der Waals surface area contributed by atoms with Crippen molar-refractivity contribution >= 4 is 15.8 Å². The van der Waals surface area contributed by atoms with Gasteiger partial charge in [-0.25, -0.2) is 14.3 Å². The number of hydrogen-bond acceptors (Lipinski definition) is 6. The fraction of sp³-hybridized carbons (Fsp3) is 0.348. The van der Waals surface area contributed by atoms with Crippen LogP contribution >= 0.6 is 0 Å². The van der Waals surface area contributed by atoms with Gasteiger partial charge in [-0.05, 0) is 68.8 Å². The van der Waals surface area contributed by atoms with E-state index in [0.717, 1.165) is 11.1 Å². The zero-order valence-electron chi connectivity index (χ0n) is 18.4. The van der Waals surface area contributed by atoms with Gasteiger partial charge < -0.3 is 10.1 Å². The second-order valence-corrected chi connectivity index (χ2v) is 9.62. The minimum atomic E-state index is -3.57. The Morgan fingerprint density at radius 1 is 1.03 bits per heavy atom.